The van der Waals surface area contributed by atoms with Crippen LogP contribution in [0.4, 0.5) is 0 Å². The Bertz CT molecular complexity index is 1370. The molecule has 0 amide bonds. The number of carbonyl (C=O) groups is 4. The second-order valence-electron chi connectivity index (χ2n) is 12.8. The summed E-state index contributed by atoms with van der Waals surface area (Å²) in [5.41, 5.74) is -6.63. The lowest BCUT2D eigenvalue weighted by Gasteiger charge is -2.67. The van der Waals surface area contributed by atoms with Crippen LogP contribution in [0, 0.1) is 16.7 Å². The van der Waals surface area contributed by atoms with E-state index in [4.69, 9.17) is 30.5 Å². The van der Waals surface area contributed by atoms with Crippen molar-refractivity contribution < 1.29 is 53.4 Å². The van der Waals surface area contributed by atoms with Gasteiger partial charge in [0.2, 0.25) is 0 Å². The third-order valence-electron chi connectivity index (χ3n) is 10.3. The summed E-state index contributed by atoms with van der Waals surface area (Å²) in [6, 6.07) is 8.01. The molecule has 4 aliphatic rings. The zero-order chi connectivity index (χ0) is 31.7. The van der Waals surface area contributed by atoms with Crippen LogP contribution in [0.15, 0.2) is 41.5 Å². The van der Waals surface area contributed by atoms with Gasteiger partial charge in [0, 0.05) is 25.2 Å². The molecular formula is C31H37ClO11. The van der Waals surface area contributed by atoms with E-state index in [1.54, 1.807) is 39.0 Å². The molecule has 5 rings (SSSR count). The minimum Gasteiger partial charge on any atom is -0.455 e. The van der Waals surface area contributed by atoms with Crippen LogP contribution in [-0.2, 0) is 33.3 Å². The first kappa shape index (κ1) is 31.6. The SMILES string of the molecule is CC(=O)O[C@@]12CO[C@@H]1C[C@H](O)[C@@]1(C)C(=O)[C@H](OC(=O)CCl)C3=C(C)[C@@H](O)C[C@@](O)([C@@H](OC(=O)c4ccccc4)[C@H]21)C3(C)C. The van der Waals surface area contributed by atoms with E-state index in [1.807, 2.05) is 0 Å². The van der Waals surface area contributed by atoms with Crippen LogP contribution in [0.25, 0.3) is 0 Å². The normalized spacial score (nSPS) is 39.7. The van der Waals surface area contributed by atoms with Gasteiger partial charge in [-0.05, 0) is 37.1 Å². The molecule has 1 aliphatic heterocycles. The fourth-order valence-electron chi connectivity index (χ4n) is 7.90. The first-order valence-corrected chi connectivity index (χ1v) is 14.8. The monoisotopic (exact) mass is 620 g/mol. The number of rotatable bonds is 5. The van der Waals surface area contributed by atoms with Crippen LogP contribution in [-0.4, -0.2) is 93.2 Å². The first-order chi connectivity index (χ1) is 20.1. The van der Waals surface area contributed by atoms with Gasteiger partial charge in [0.05, 0.1) is 35.7 Å². The lowest BCUT2D eigenvalue weighted by atomic mass is 9.44. The summed E-state index contributed by atoms with van der Waals surface area (Å²) in [5.74, 6) is -5.26. The average molecular weight is 621 g/mol. The van der Waals surface area contributed by atoms with Gasteiger partial charge in [-0.25, -0.2) is 4.79 Å². The van der Waals surface area contributed by atoms with Crippen molar-refractivity contribution in [2.24, 2.45) is 16.7 Å². The number of hydrogen-bond donors (Lipinski definition) is 3. The Kier molecular flexibility index (Phi) is 7.83. The molecule has 11 nitrogen and oxygen atoms in total. The summed E-state index contributed by atoms with van der Waals surface area (Å²) in [6.07, 6.45) is -7.51. The molecule has 0 unspecified atom stereocenters. The number of Topliss-reactive ketones (excluding diaryl/α,β-unsaturated/α-hetero) is 1. The van der Waals surface area contributed by atoms with Crippen LogP contribution in [0.2, 0.25) is 0 Å². The zero-order valence-electron chi connectivity index (χ0n) is 24.7. The van der Waals surface area contributed by atoms with Gasteiger partial charge in [-0.1, -0.05) is 32.0 Å². The van der Waals surface area contributed by atoms with Crippen LogP contribution in [0.5, 0.6) is 0 Å². The third kappa shape index (κ3) is 4.46. The topological polar surface area (TPSA) is 166 Å². The molecule has 2 saturated carbocycles. The molecule has 12 heteroatoms. The smallest absolute Gasteiger partial charge is 0.338 e. The van der Waals surface area contributed by atoms with Crippen LogP contribution >= 0.6 is 11.6 Å². The van der Waals surface area contributed by atoms with Crippen LogP contribution < -0.4 is 0 Å². The van der Waals surface area contributed by atoms with Crippen LogP contribution in [0.3, 0.4) is 0 Å². The van der Waals surface area contributed by atoms with Gasteiger partial charge in [0.1, 0.15) is 23.7 Å². The maximum Gasteiger partial charge on any atom is 0.338 e. The predicted molar refractivity (Wildman–Crippen MR) is 150 cm³/mol. The first-order valence-electron chi connectivity index (χ1n) is 14.2. The standard InChI is InChI=1S/C31H37ClO11/c1-15-18(34)12-31(39)26(42-27(38)17-9-7-6-8-10-17)24-29(5,19(35)11-20-30(24,14-40-20)43-16(2)33)25(37)23(41-21(36)13-32)22(15)28(31,3)4/h6-10,18-20,23-24,26,34-35,39H,11-14H2,1-5H3/t18-,19-,20+,23+,24-,26-,29+,30-,31+/m0/s1. The number of carbonyl (C=O) groups excluding carboxylic acids is 4. The number of aliphatic hydroxyl groups is 3. The highest BCUT2D eigenvalue weighted by Gasteiger charge is 2.78. The quantitative estimate of drug-likeness (QED) is 0.190. The number of fused-ring (bicyclic) bond motifs is 5. The molecule has 1 saturated heterocycles. The molecule has 0 aromatic heterocycles. The number of benzene rings is 1. The molecule has 1 aromatic rings. The average Bonchev–Trinajstić information content (AvgIpc) is 2.95. The van der Waals surface area contributed by atoms with Crippen molar-refractivity contribution >= 4 is 35.3 Å². The molecule has 3 N–H and O–H groups in total. The minimum absolute atomic E-state index is 0.110. The van der Waals surface area contributed by atoms with E-state index in [-0.39, 0.29) is 36.2 Å². The summed E-state index contributed by atoms with van der Waals surface area (Å²) in [5, 5.41) is 35.9. The molecule has 0 spiro atoms. The highest BCUT2D eigenvalue weighted by Crippen LogP contribution is 2.64. The third-order valence-corrected chi connectivity index (χ3v) is 10.5. The van der Waals surface area contributed by atoms with Gasteiger partial charge in [-0.3, -0.25) is 14.4 Å². The second-order valence-corrected chi connectivity index (χ2v) is 13.1. The van der Waals surface area contributed by atoms with Gasteiger partial charge in [-0.15, -0.1) is 11.6 Å². The van der Waals surface area contributed by atoms with E-state index in [1.165, 1.54) is 26.0 Å². The molecule has 3 aliphatic carbocycles. The number of hydrogen-bond acceptors (Lipinski definition) is 11. The van der Waals surface area contributed by atoms with Gasteiger partial charge in [0.25, 0.3) is 0 Å². The number of ether oxygens (including phenoxy) is 4. The van der Waals surface area contributed by atoms with Crippen molar-refractivity contribution in [3.63, 3.8) is 0 Å². The summed E-state index contributed by atoms with van der Waals surface area (Å²) in [7, 11) is 0. The Hall–Kier alpha value is -2.83. The zero-order valence-corrected chi connectivity index (χ0v) is 25.4. The molecule has 3 fully saturated rings. The molecule has 0 radical (unpaired) electrons. The maximum absolute atomic E-state index is 14.9. The summed E-state index contributed by atoms with van der Waals surface area (Å²) < 4.78 is 23.5. The predicted octanol–water partition coefficient (Wildman–Crippen LogP) is 1.87. The Balaban J connectivity index is 1.83. The molecule has 9 atom stereocenters. The van der Waals surface area contributed by atoms with E-state index in [9.17, 15) is 34.5 Å². The van der Waals surface area contributed by atoms with Gasteiger partial charge < -0.3 is 34.3 Å². The van der Waals surface area contributed by atoms with Crippen molar-refractivity contribution in [1.29, 1.82) is 0 Å². The van der Waals surface area contributed by atoms with Gasteiger partial charge in [0.15, 0.2) is 17.5 Å². The lowest BCUT2D eigenvalue weighted by Crippen LogP contribution is -2.81. The van der Waals surface area contributed by atoms with Crippen molar-refractivity contribution in [2.45, 2.75) is 89.2 Å². The Morgan fingerprint density at radius 1 is 1.09 bits per heavy atom. The molecule has 1 heterocycles. The Morgan fingerprint density at radius 3 is 2.30 bits per heavy atom. The summed E-state index contributed by atoms with van der Waals surface area (Å²) in [6.45, 7) is 7.16. The maximum atomic E-state index is 14.9. The number of aliphatic hydroxyl groups excluding tert-OH is 2. The number of esters is 3. The van der Waals surface area contributed by atoms with E-state index < -0.39 is 88.0 Å². The number of halogens is 1. The fourth-order valence-corrected chi connectivity index (χ4v) is 7.97. The number of ketones is 1. The second kappa shape index (κ2) is 10.7. The van der Waals surface area contributed by atoms with Crippen molar-refractivity contribution in [3.05, 3.63) is 47.0 Å². The fraction of sp³-hybridized carbons (Fsp3) is 0.613. The molecule has 43 heavy (non-hydrogen) atoms. The molecule has 234 valence electrons. The lowest BCUT2D eigenvalue weighted by molar-refractivity contribution is -0.345. The van der Waals surface area contributed by atoms with E-state index >= 15 is 0 Å². The summed E-state index contributed by atoms with van der Waals surface area (Å²) >= 11 is 5.78. The van der Waals surface area contributed by atoms with Crippen molar-refractivity contribution in [2.75, 3.05) is 12.5 Å². The van der Waals surface area contributed by atoms with E-state index in [0.29, 0.717) is 0 Å². The molecule has 1 aromatic carbocycles. The highest BCUT2D eigenvalue weighted by atomic mass is 35.5. The molecule has 2 bridgehead atoms. The van der Waals surface area contributed by atoms with Crippen molar-refractivity contribution in [3.8, 4) is 0 Å². The largest absolute Gasteiger partial charge is 0.455 e. The van der Waals surface area contributed by atoms with Gasteiger partial charge in [-0.2, -0.15) is 0 Å². The van der Waals surface area contributed by atoms with Gasteiger partial charge >= 0.3 is 17.9 Å². The Labute approximate surface area is 254 Å². The minimum atomic E-state index is -2.14. The van der Waals surface area contributed by atoms with Crippen LogP contribution in [0.1, 0.15) is 57.8 Å². The highest BCUT2D eigenvalue weighted by molar-refractivity contribution is 6.26. The van der Waals surface area contributed by atoms with E-state index in [2.05, 4.69) is 0 Å². The van der Waals surface area contributed by atoms with Crippen molar-refractivity contribution in [1.82, 2.24) is 0 Å². The number of alkyl halides is 1. The van der Waals surface area contributed by atoms with E-state index in [0.717, 1.165) is 0 Å². The summed E-state index contributed by atoms with van der Waals surface area (Å²) in [4.78, 5) is 53.8. The Morgan fingerprint density at radius 2 is 1.74 bits per heavy atom. The molecular weight excluding hydrogens is 584 g/mol.